The summed E-state index contributed by atoms with van der Waals surface area (Å²) in [6, 6.07) is 6.51. The molecule has 1 aliphatic rings. The summed E-state index contributed by atoms with van der Waals surface area (Å²) < 4.78 is 10.8. The molecule has 3 nitrogen and oxygen atoms in total. The molecule has 1 fully saturated rings. The van der Waals surface area contributed by atoms with Crippen LogP contribution in [-0.2, 0) is 10.2 Å². The zero-order chi connectivity index (χ0) is 13.0. The van der Waals surface area contributed by atoms with Crippen LogP contribution in [-0.4, -0.2) is 33.9 Å². The minimum atomic E-state index is 0.230. The Morgan fingerprint density at radius 3 is 2.67 bits per heavy atom. The van der Waals surface area contributed by atoms with Crippen LogP contribution in [0.15, 0.2) is 18.2 Å². The average molecular weight is 249 g/mol. The van der Waals surface area contributed by atoms with Crippen molar-refractivity contribution < 1.29 is 9.47 Å². The van der Waals surface area contributed by atoms with Crippen LogP contribution in [0.3, 0.4) is 0 Å². The van der Waals surface area contributed by atoms with E-state index in [1.54, 1.807) is 7.11 Å². The van der Waals surface area contributed by atoms with E-state index in [2.05, 4.69) is 30.4 Å². The Morgan fingerprint density at radius 1 is 1.39 bits per heavy atom. The number of hydrogen-bond acceptors (Lipinski definition) is 3. The second-order valence-corrected chi connectivity index (χ2v) is 5.16. The van der Waals surface area contributed by atoms with Crippen molar-refractivity contribution in [3.05, 3.63) is 29.3 Å². The number of nitrogens with one attached hydrogen (secondary N) is 1. The summed E-state index contributed by atoms with van der Waals surface area (Å²) in [5.41, 5.74) is 2.83. The summed E-state index contributed by atoms with van der Waals surface area (Å²) in [6.07, 6.45) is 2.37. The number of benzene rings is 1. The van der Waals surface area contributed by atoms with Crippen LogP contribution >= 0.6 is 0 Å². The van der Waals surface area contributed by atoms with Crippen molar-refractivity contribution in [2.24, 2.45) is 0 Å². The second-order valence-electron chi connectivity index (χ2n) is 5.16. The van der Waals surface area contributed by atoms with Crippen molar-refractivity contribution in [3.63, 3.8) is 0 Å². The Morgan fingerprint density at radius 2 is 2.17 bits per heavy atom. The van der Waals surface area contributed by atoms with E-state index in [4.69, 9.17) is 9.47 Å². The first-order valence-corrected chi connectivity index (χ1v) is 6.59. The summed E-state index contributed by atoms with van der Waals surface area (Å²) in [5, 5.41) is 3.21. The van der Waals surface area contributed by atoms with Crippen LogP contribution in [0.4, 0.5) is 0 Å². The number of ether oxygens (including phenoxy) is 2. The van der Waals surface area contributed by atoms with Crippen LogP contribution < -0.4 is 10.1 Å². The van der Waals surface area contributed by atoms with Gasteiger partial charge in [0.25, 0.3) is 0 Å². The first-order chi connectivity index (χ1) is 8.72. The van der Waals surface area contributed by atoms with Crippen molar-refractivity contribution in [3.8, 4) is 5.75 Å². The van der Waals surface area contributed by atoms with E-state index in [1.807, 2.05) is 7.05 Å². The molecule has 0 radical (unpaired) electrons. The molecule has 0 unspecified atom stereocenters. The van der Waals surface area contributed by atoms with Gasteiger partial charge in [-0.2, -0.15) is 0 Å². The molecule has 1 N–H and O–H groups in total. The first-order valence-electron chi connectivity index (χ1n) is 6.59. The lowest BCUT2D eigenvalue weighted by atomic mass is 9.74. The largest absolute Gasteiger partial charge is 0.496 e. The van der Waals surface area contributed by atoms with Gasteiger partial charge in [-0.1, -0.05) is 12.1 Å². The predicted molar refractivity (Wildman–Crippen MR) is 73.4 cm³/mol. The maximum absolute atomic E-state index is 5.47. The van der Waals surface area contributed by atoms with Crippen LogP contribution in [0.25, 0.3) is 0 Å². The molecule has 0 amide bonds. The van der Waals surface area contributed by atoms with Crippen molar-refractivity contribution in [2.75, 3.05) is 33.9 Å². The third-order valence-corrected chi connectivity index (χ3v) is 3.85. The van der Waals surface area contributed by atoms with Crippen molar-refractivity contribution in [1.82, 2.24) is 5.32 Å². The summed E-state index contributed by atoms with van der Waals surface area (Å²) in [6.45, 7) is 4.87. The van der Waals surface area contributed by atoms with Gasteiger partial charge < -0.3 is 14.8 Å². The van der Waals surface area contributed by atoms with E-state index >= 15 is 0 Å². The maximum Gasteiger partial charge on any atom is 0.121 e. The standard InChI is InChI=1S/C15H23NO2/c1-12-9-13(5-6-14(12)17-3)15(10-18-11-15)7-4-8-16-2/h5-6,9,16H,4,7-8,10-11H2,1-3H3. The highest BCUT2D eigenvalue weighted by molar-refractivity contribution is 5.40. The fourth-order valence-corrected chi connectivity index (χ4v) is 2.62. The zero-order valence-electron chi connectivity index (χ0n) is 11.6. The highest BCUT2D eigenvalue weighted by atomic mass is 16.5. The van der Waals surface area contributed by atoms with Crippen molar-refractivity contribution in [2.45, 2.75) is 25.2 Å². The summed E-state index contributed by atoms with van der Waals surface area (Å²) >= 11 is 0. The van der Waals surface area contributed by atoms with E-state index in [1.165, 1.54) is 24.0 Å². The molecule has 0 atom stereocenters. The Hall–Kier alpha value is -1.06. The molecule has 1 aromatic rings. The van der Waals surface area contributed by atoms with Crippen LogP contribution in [0.5, 0.6) is 5.75 Å². The highest BCUT2D eigenvalue weighted by Gasteiger charge is 2.39. The highest BCUT2D eigenvalue weighted by Crippen LogP contribution is 2.38. The van der Waals surface area contributed by atoms with Gasteiger partial charge in [-0.05, 0) is 50.6 Å². The molecule has 0 spiro atoms. The summed E-state index contributed by atoms with van der Waals surface area (Å²) in [5.74, 6) is 0.962. The van der Waals surface area contributed by atoms with E-state index in [0.717, 1.165) is 25.5 Å². The topological polar surface area (TPSA) is 30.5 Å². The minimum absolute atomic E-state index is 0.230. The number of methoxy groups -OCH3 is 1. The second kappa shape index (κ2) is 5.72. The molecule has 1 saturated heterocycles. The molecule has 0 aliphatic carbocycles. The van der Waals surface area contributed by atoms with Gasteiger partial charge in [0, 0.05) is 5.41 Å². The molecule has 2 rings (SSSR count). The third kappa shape index (κ3) is 2.52. The van der Waals surface area contributed by atoms with Gasteiger partial charge in [0.05, 0.1) is 20.3 Å². The molecule has 18 heavy (non-hydrogen) atoms. The Balaban J connectivity index is 2.14. The Labute approximate surface area is 109 Å². The fourth-order valence-electron chi connectivity index (χ4n) is 2.62. The van der Waals surface area contributed by atoms with Gasteiger partial charge in [-0.25, -0.2) is 0 Å². The molecular formula is C15H23NO2. The molecule has 0 aromatic heterocycles. The smallest absolute Gasteiger partial charge is 0.121 e. The first kappa shape index (κ1) is 13.4. The van der Waals surface area contributed by atoms with Gasteiger partial charge in [0.1, 0.15) is 5.75 Å². The molecule has 1 aliphatic heterocycles. The Bertz CT molecular complexity index is 399. The minimum Gasteiger partial charge on any atom is -0.496 e. The summed E-state index contributed by atoms with van der Waals surface area (Å²) in [4.78, 5) is 0. The molecular weight excluding hydrogens is 226 g/mol. The number of hydrogen-bond donors (Lipinski definition) is 1. The van der Waals surface area contributed by atoms with Crippen LogP contribution in [0.2, 0.25) is 0 Å². The SMILES string of the molecule is CNCCCC1(c2ccc(OC)c(C)c2)COC1. The maximum atomic E-state index is 5.47. The molecule has 0 bridgehead atoms. The quantitative estimate of drug-likeness (QED) is 0.785. The third-order valence-electron chi connectivity index (χ3n) is 3.85. The summed E-state index contributed by atoms with van der Waals surface area (Å²) in [7, 11) is 3.72. The van der Waals surface area contributed by atoms with Gasteiger partial charge in [-0.15, -0.1) is 0 Å². The van der Waals surface area contributed by atoms with Gasteiger partial charge in [-0.3, -0.25) is 0 Å². The van der Waals surface area contributed by atoms with E-state index < -0.39 is 0 Å². The van der Waals surface area contributed by atoms with Crippen molar-refractivity contribution >= 4 is 0 Å². The Kier molecular flexibility index (Phi) is 4.25. The van der Waals surface area contributed by atoms with Crippen molar-refractivity contribution in [1.29, 1.82) is 0 Å². The lowest BCUT2D eigenvalue weighted by molar-refractivity contribution is -0.0651. The van der Waals surface area contributed by atoms with Gasteiger partial charge >= 0.3 is 0 Å². The lowest BCUT2D eigenvalue weighted by Gasteiger charge is -2.42. The fraction of sp³-hybridized carbons (Fsp3) is 0.600. The van der Waals surface area contributed by atoms with E-state index in [9.17, 15) is 0 Å². The number of rotatable bonds is 6. The predicted octanol–water partition coefficient (Wildman–Crippen LogP) is 2.27. The van der Waals surface area contributed by atoms with Gasteiger partial charge in [0.15, 0.2) is 0 Å². The number of aryl methyl sites for hydroxylation is 1. The molecule has 100 valence electrons. The molecule has 3 heteroatoms. The molecule has 1 aromatic carbocycles. The van der Waals surface area contributed by atoms with Crippen LogP contribution in [0.1, 0.15) is 24.0 Å². The monoisotopic (exact) mass is 249 g/mol. The van der Waals surface area contributed by atoms with Crippen LogP contribution in [0, 0.1) is 6.92 Å². The average Bonchev–Trinajstić information content (AvgIpc) is 2.32. The normalized spacial score (nSPS) is 17.3. The van der Waals surface area contributed by atoms with E-state index in [-0.39, 0.29) is 5.41 Å². The molecule has 0 saturated carbocycles. The molecule has 1 heterocycles. The van der Waals surface area contributed by atoms with Gasteiger partial charge in [0.2, 0.25) is 0 Å². The zero-order valence-corrected chi connectivity index (χ0v) is 11.6. The lowest BCUT2D eigenvalue weighted by Crippen LogP contribution is -2.47. The van der Waals surface area contributed by atoms with E-state index in [0.29, 0.717) is 0 Å².